The average Bonchev–Trinajstić information content (AvgIpc) is 2.26. The smallest absolute Gasteiger partial charge is 0.236 e. The van der Waals surface area contributed by atoms with Crippen LogP contribution in [0.2, 0.25) is 0 Å². The molecule has 0 heterocycles. The third-order valence-corrected chi connectivity index (χ3v) is 2.34. The van der Waals surface area contributed by atoms with Gasteiger partial charge in [-0.1, -0.05) is 13.8 Å². The molecule has 0 bridgehead atoms. The maximum absolute atomic E-state index is 13.3. The summed E-state index contributed by atoms with van der Waals surface area (Å²) in [6, 6.07) is 3.98. The van der Waals surface area contributed by atoms with Gasteiger partial charge in [-0.05, 0) is 24.1 Å². The Bertz CT molecular complexity index is 447. The molecule has 0 saturated carbocycles. The first-order valence-corrected chi connectivity index (χ1v) is 5.71. The number of primary amides is 1. The zero-order valence-corrected chi connectivity index (χ0v) is 10.5. The lowest BCUT2D eigenvalue weighted by Crippen LogP contribution is -2.36. The second-order valence-corrected chi connectivity index (χ2v) is 4.60. The van der Waals surface area contributed by atoms with E-state index < -0.39 is 11.7 Å². The number of halogens is 1. The number of nitrogens with two attached hydrogens (primary N) is 1. The van der Waals surface area contributed by atoms with Gasteiger partial charge in [-0.2, -0.15) is 0 Å². The van der Waals surface area contributed by atoms with Gasteiger partial charge in [-0.25, -0.2) is 4.39 Å². The van der Waals surface area contributed by atoms with Crippen LogP contribution in [-0.4, -0.2) is 25.3 Å². The highest BCUT2D eigenvalue weighted by Crippen LogP contribution is 2.19. The molecule has 1 aromatic carbocycles. The van der Waals surface area contributed by atoms with Crippen molar-refractivity contribution in [2.45, 2.75) is 13.8 Å². The highest BCUT2D eigenvalue weighted by Gasteiger charge is 2.13. The number of amides is 1. The predicted octanol–water partition coefficient (Wildman–Crippen LogP) is 1.59. The molecule has 0 spiro atoms. The summed E-state index contributed by atoms with van der Waals surface area (Å²) in [5.74, 6) is -0.715. The molecule has 2 N–H and O–H groups in total. The van der Waals surface area contributed by atoms with E-state index in [9.17, 15) is 14.0 Å². The van der Waals surface area contributed by atoms with Crippen LogP contribution < -0.4 is 10.6 Å². The molecular formula is C13H17FN2O2. The highest BCUT2D eigenvalue weighted by molar-refractivity contribution is 5.81. The molecule has 5 heteroatoms. The van der Waals surface area contributed by atoms with Crippen molar-refractivity contribution in [3.8, 4) is 0 Å². The van der Waals surface area contributed by atoms with Crippen LogP contribution >= 0.6 is 0 Å². The second kappa shape index (κ2) is 6.14. The first-order chi connectivity index (χ1) is 8.42. The SMILES string of the molecule is CC(C)CN(CC(N)=O)c1cc(F)cc(C=O)c1. The minimum absolute atomic E-state index is 0.0000690. The second-order valence-electron chi connectivity index (χ2n) is 4.60. The zero-order chi connectivity index (χ0) is 13.7. The Balaban J connectivity index is 3.06. The summed E-state index contributed by atoms with van der Waals surface area (Å²) < 4.78 is 13.3. The summed E-state index contributed by atoms with van der Waals surface area (Å²) in [5.41, 5.74) is 5.90. The number of nitrogens with zero attached hydrogens (tertiary/aromatic N) is 1. The molecule has 1 rings (SSSR count). The van der Waals surface area contributed by atoms with Crippen LogP contribution in [0.4, 0.5) is 10.1 Å². The molecule has 0 aliphatic heterocycles. The number of hydrogen-bond acceptors (Lipinski definition) is 3. The van der Waals surface area contributed by atoms with Crippen LogP contribution in [0.15, 0.2) is 18.2 Å². The van der Waals surface area contributed by atoms with E-state index >= 15 is 0 Å². The van der Waals surface area contributed by atoms with Crippen molar-refractivity contribution in [3.63, 3.8) is 0 Å². The minimum atomic E-state index is -0.507. The van der Waals surface area contributed by atoms with Gasteiger partial charge in [0, 0.05) is 17.8 Å². The van der Waals surface area contributed by atoms with Crippen molar-refractivity contribution in [2.75, 3.05) is 18.0 Å². The number of carbonyl (C=O) groups excluding carboxylic acids is 2. The number of rotatable bonds is 6. The van der Waals surface area contributed by atoms with Crippen LogP contribution in [0.3, 0.4) is 0 Å². The number of anilines is 1. The summed E-state index contributed by atoms with van der Waals surface area (Å²) in [6.45, 7) is 4.52. The van der Waals surface area contributed by atoms with Crippen molar-refractivity contribution in [3.05, 3.63) is 29.6 Å². The molecule has 18 heavy (non-hydrogen) atoms. The van der Waals surface area contributed by atoms with E-state index in [0.717, 1.165) is 6.07 Å². The molecule has 1 amide bonds. The van der Waals surface area contributed by atoms with Gasteiger partial charge in [0.2, 0.25) is 5.91 Å². The van der Waals surface area contributed by atoms with Crippen molar-refractivity contribution in [1.29, 1.82) is 0 Å². The standard InChI is InChI=1S/C13H17FN2O2/c1-9(2)6-16(7-13(15)18)12-4-10(8-17)3-11(14)5-12/h3-5,8-9H,6-7H2,1-2H3,(H2,15,18). The number of aldehydes is 1. The average molecular weight is 252 g/mol. The minimum Gasteiger partial charge on any atom is -0.368 e. The van der Waals surface area contributed by atoms with Gasteiger partial charge in [-0.15, -0.1) is 0 Å². The lowest BCUT2D eigenvalue weighted by molar-refractivity contribution is -0.116. The van der Waals surface area contributed by atoms with Crippen LogP contribution in [0, 0.1) is 11.7 Å². The lowest BCUT2D eigenvalue weighted by atomic mass is 10.1. The van der Waals surface area contributed by atoms with Crippen LogP contribution in [0.1, 0.15) is 24.2 Å². The fraction of sp³-hybridized carbons (Fsp3) is 0.385. The van der Waals surface area contributed by atoms with E-state index in [1.165, 1.54) is 6.07 Å². The third-order valence-electron chi connectivity index (χ3n) is 2.34. The molecule has 4 nitrogen and oxygen atoms in total. The first kappa shape index (κ1) is 14.2. The fourth-order valence-electron chi connectivity index (χ4n) is 1.74. The van der Waals surface area contributed by atoms with Crippen molar-refractivity contribution >= 4 is 17.9 Å². The summed E-state index contributed by atoms with van der Waals surface area (Å²) in [5, 5.41) is 0. The van der Waals surface area contributed by atoms with Crippen LogP contribution in [0.5, 0.6) is 0 Å². The molecule has 0 atom stereocenters. The number of benzene rings is 1. The number of carbonyl (C=O) groups is 2. The predicted molar refractivity (Wildman–Crippen MR) is 68.0 cm³/mol. The molecule has 0 saturated heterocycles. The number of hydrogen-bond donors (Lipinski definition) is 1. The topological polar surface area (TPSA) is 63.4 Å². The van der Waals surface area contributed by atoms with Gasteiger partial charge in [0.15, 0.2) is 0 Å². The largest absolute Gasteiger partial charge is 0.368 e. The molecule has 0 aromatic heterocycles. The van der Waals surface area contributed by atoms with E-state index in [2.05, 4.69) is 0 Å². The quantitative estimate of drug-likeness (QED) is 0.782. The van der Waals surface area contributed by atoms with Crippen LogP contribution in [-0.2, 0) is 4.79 Å². The Morgan fingerprint density at radius 3 is 2.61 bits per heavy atom. The normalized spacial score (nSPS) is 10.4. The molecule has 0 radical (unpaired) electrons. The summed E-state index contributed by atoms with van der Waals surface area (Å²) in [4.78, 5) is 23.4. The van der Waals surface area contributed by atoms with E-state index in [4.69, 9.17) is 5.73 Å². The van der Waals surface area contributed by atoms with Gasteiger partial charge in [0.25, 0.3) is 0 Å². The highest BCUT2D eigenvalue weighted by atomic mass is 19.1. The Labute approximate surface area is 106 Å². The molecule has 1 aromatic rings. The molecule has 0 fully saturated rings. The summed E-state index contributed by atoms with van der Waals surface area (Å²) >= 11 is 0. The molecular weight excluding hydrogens is 235 g/mol. The lowest BCUT2D eigenvalue weighted by Gasteiger charge is -2.25. The van der Waals surface area contributed by atoms with Crippen LogP contribution in [0.25, 0.3) is 0 Å². The van der Waals surface area contributed by atoms with E-state index in [1.807, 2.05) is 13.8 Å². The third kappa shape index (κ3) is 4.16. The molecule has 0 aliphatic rings. The maximum Gasteiger partial charge on any atom is 0.236 e. The van der Waals surface area contributed by atoms with E-state index in [-0.39, 0.29) is 18.0 Å². The Morgan fingerprint density at radius 2 is 2.11 bits per heavy atom. The van der Waals surface area contributed by atoms with Gasteiger partial charge >= 0.3 is 0 Å². The van der Waals surface area contributed by atoms with Gasteiger partial charge in [-0.3, -0.25) is 9.59 Å². The summed E-state index contributed by atoms with van der Waals surface area (Å²) in [6.07, 6.45) is 0.574. The fourth-order valence-corrected chi connectivity index (χ4v) is 1.74. The van der Waals surface area contributed by atoms with E-state index in [1.54, 1.807) is 11.0 Å². The first-order valence-electron chi connectivity index (χ1n) is 5.71. The van der Waals surface area contributed by atoms with Crippen molar-refractivity contribution in [2.24, 2.45) is 11.7 Å². The Hall–Kier alpha value is -1.91. The van der Waals surface area contributed by atoms with E-state index in [0.29, 0.717) is 18.5 Å². The molecule has 0 unspecified atom stereocenters. The maximum atomic E-state index is 13.3. The molecule has 98 valence electrons. The Morgan fingerprint density at radius 1 is 1.44 bits per heavy atom. The van der Waals surface area contributed by atoms with Crippen molar-refractivity contribution < 1.29 is 14.0 Å². The van der Waals surface area contributed by atoms with Gasteiger partial charge < -0.3 is 10.6 Å². The summed E-state index contributed by atoms with van der Waals surface area (Å²) in [7, 11) is 0. The van der Waals surface area contributed by atoms with Gasteiger partial charge in [0.1, 0.15) is 12.1 Å². The zero-order valence-electron chi connectivity index (χ0n) is 10.5. The molecule has 0 aliphatic carbocycles. The Kier molecular flexibility index (Phi) is 4.83. The monoisotopic (exact) mass is 252 g/mol. The van der Waals surface area contributed by atoms with Gasteiger partial charge in [0.05, 0.1) is 6.54 Å². The van der Waals surface area contributed by atoms with Crippen molar-refractivity contribution in [1.82, 2.24) is 0 Å².